The van der Waals surface area contributed by atoms with Gasteiger partial charge in [0.2, 0.25) is 0 Å². The van der Waals surface area contributed by atoms with Crippen molar-refractivity contribution in [2.45, 2.75) is 19.4 Å². The number of pyridine rings is 1. The monoisotopic (exact) mass is 463 g/mol. The minimum atomic E-state index is -1.15. The Hall–Kier alpha value is -4.11. The zero-order valence-electron chi connectivity index (χ0n) is 18.6. The number of carboxylic acids is 1. The second kappa shape index (κ2) is 9.80. The third kappa shape index (κ3) is 4.65. The molecule has 9 nitrogen and oxygen atoms in total. The number of ketones is 1. The Balaban J connectivity index is 1.42. The van der Waals surface area contributed by atoms with Crippen molar-refractivity contribution in [2.24, 2.45) is 5.73 Å². The number of allylic oxidation sites excluding steroid dienone is 1. The third-order valence-electron chi connectivity index (χ3n) is 5.40. The highest BCUT2D eigenvalue weighted by molar-refractivity contribution is 6.07. The largest absolute Gasteiger partial charge is 0.491 e. The molecule has 2 heterocycles. The van der Waals surface area contributed by atoms with Gasteiger partial charge in [-0.2, -0.15) is 0 Å². The summed E-state index contributed by atoms with van der Waals surface area (Å²) in [6.07, 6.45) is 3.52. The molecular formula is C25H25N3O6. The van der Waals surface area contributed by atoms with Crippen molar-refractivity contribution in [1.82, 2.24) is 4.98 Å². The second-order valence-electron chi connectivity index (χ2n) is 7.84. The molecule has 9 heteroatoms. The number of rotatable bonds is 8. The Morgan fingerprint density at radius 2 is 1.97 bits per heavy atom. The SMILES string of the molecule is Cc1nc2cccc(OC[C@H](N)C/C=C/C(=O)c3cccc4c3OCCO4)c2c(N)c1C(=O)O. The molecule has 176 valence electrons. The van der Waals surface area contributed by atoms with Crippen molar-refractivity contribution >= 4 is 28.3 Å². The number of nitrogen functional groups attached to an aromatic ring is 1. The normalized spacial score (nSPS) is 13.7. The predicted molar refractivity (Wildman–Crippen MR) is 127 cm³/mol. The fourth-order valence-corrected chi connectivity index (χ4v) is 3.80. The standard InChI is InChI=1S/C25H25N3O6/c1-14-21(25(30)31)23(27)22-17(28-14)7-4-9-19(22)34-13-15(26)5-2-8-18(29)16-6-3-10-20-24(16)33-12-11-32-20/h2-4,6-10,15H,5,11-13,26H2,1H3,(H2,27,28)(H,30,31)/b8-2+/t15-/m1/s1. The third-order valence-corrected chi connectivity index (χ3v) is 5.40. The molecule has 0 fully saturated rings. The number of benzene rings is 2. The summed E-state index contributed by atoms with van der Waals surface area (Å²) >= 11 is 0. The maximum atomic E-state index is 12.6. The molecule has 2 aromatic carbocycles. The number of aromatic carboxylic acids is 1. The van der Waals surface area contributed by atoms with E-state index in [2.05, 4.69) is 4.98 Å². The number of aromatic nitrogens is 1. The Morgan fingerprint density at radius 1 is 1.21 bits per heavy atom. The van der Waals surface area contributed by atoms with E-state index in [0.29, 0.717) is 59.0 Å². The fraction of sp³-hybridized carbons (Fsp3) is 0.240. The first kappa shape index (κ1) is 23.1. The van der Waals surface area contributed by atoms with Crippen LogP contribution in [0.4, 0.5) is 5.69 Å². The van der Waals surface area contributed by atoms with Crippen LogP contribution < -0.4 is 25.7 Å². The van der Waals surface area contributed by atoms with Crippen molar-refractivity contribution < 1.29 is 28.9 Å². The number of anilines is 1. The van der Waals surface area contributed by atoms with E-state index >= 15 is 0 Å². The van der Waals surface area contributed by atoms with Crippen molar-refractivity contribution in [2.75, 3.05) is 25.6 Å². The van der Waals surface area contributed by atoms with Crippen LogP contribution in [0, 0.1) is 6.92 Å². The first-order valence-electron chi connectivity index (χ1n) is 10.8. The molecule has 0 amide bonds. The number of ether oxygens (including phenoxy) is 3. The molecule has 1 atom stereocenters. The number of hydrogen-bond acceptors (Lipinski definition) is 8. The summed E-state index contributed by atoms with van der Waals surface area (Å²) in [6, 6.07) is 9.96. The van der Waals surface area contributed by atoms with Crippen LogP contribution in [-0.4, -0.2) is 47.7 Å². The number of carbonyl (C=O) groups is 2. The smallest absolute Gasteiger partial charge is 0.339 e. The fourth-order valence-electron chi connectivity index (χ4n) is 3.80. The minimum absolute atomic E-state index is 0.0493. The molecular weight excluding hydrogens is 438 g/mol. The Labute approximate surface area is 195 Å². The number of carboxylic acid groups (broad SMARTS) is 1. The van der Waals surface area contributed by atoms with Crippen molar-refractivity contribution in [3.63, 3.8) is 0 Å². The van der Waals surface area contributed by atoms with E-state index in [4.69, 9.17) is 25.7 Å². The van der Waals surface area contributed by atoms with Gasteiger partial charge in [-0.1, -0.05) is 18.2 Å². The van der Waals surface area contributed by atoms with Gasteiger partial charge >= 0.3 is 5.97 Å². The van der Waals surface area contributed by atoms with Gasteiger partial charge in [-0.05, 0) is 43.7 Å². The topological polar surface area (TPSA) is 147 Å². The number of fused-ring (bicyclic) bond motifs is 2. The highest BCUT2D eigenvalue weighted by atomic mass is 16.6. The quantitative estimate of drug-likeness (QED) is 0.338. The summed E-state index contributed by atoms with van der Waals surface area (Å²) in [5.41, 5.74) is 13.7. The maximum Gasteiger partial charge on any atom is 0.339 e. The van der Waals surface area contributed by atoms with Crippen LogP contribution in [0.2, 0.25) is 0 Å². The van der Waals surface area contributed by atoms with Gasteiger partial charge < -0.3 is 30.8 Å². The summed E-state index contributed by atoms with van der Waals surface area (Å²) in [7, 11) is 0. The van der Waals surface area contributed by atoms with Crippen LogP contribution in [0.25, 0.3) is 10.9 Å². The van der Waals surface area contributed by atoms with Crippen LogP contribution in [0.3, 0.4) is 0 Å². The van der Waals surface area contributed by atoms with E-state index in [1.54, 1.807) is 49.4 Å². The van der Waals surface area contributed by atoms with E-state index < -0.39 is 12.0 Å². The number of nitrogens with zero attached hydrogens (tertiary/aromatic N) is 1. The van der Waals surface area contributed by atoms with Gasteiger partial charge in [0.15, 0.2) is 17.3 Å². The molecule has 34 heavy (non-hydrogen) atoms. The molecule has 0 spiro atoms. The molecule has 1 aliphatic heterocycles. The molecule has 1 aromatic heterocycles. The van der Waals surface area contributed by atoms with Crippen molar-refractivity contribution in [3.05, 3.63) is 65.4 Å². The van der Waals surface area contributed by atoms with Gasteiger partial charge in [0.1, 0.15) is 31.1 Å². The molecule has 0 bridgehead atoms. The van der Waals surface area contributed by atoms with Crippen molar-refractivity contribution in [3.8, 4) is 17.2 Å². The number of carbonyl (C=O) groups excluding carboxylic acids is 1. The lowest BCUT2D eigenvalue weighted by Gasteiger charge is -2.19. The van der Waals surface area contributed by atoms with Crippen LogP contribution in [0.1, 0.15) is 32.8 Å². The van der Waals surface area contributed by atoms with Crippen molar-refractivity contribution in [1.29, 1.82) is 0 Å². The zero-order valence-corrected chi connectivity index (χ0v) is 18.6. The molecule has 0 radical (unpaired) electrons. The van der Waals surface area contributed by atoms with Crippen LogP contribution >= 0.6 is 0 Å². The number of hydrogen-bond donors (Lipinski definition) is 3. The van der Waals surface area contributed by atoms with Gasteiger partial charge in [-0.25, -0.2) is 4.79 Å². The Kier molecular flexibility index (Phi) is 6.65. The maximum absolute atomic E-state index is 12.6. The first-order valence-corrected chi connectivity index (χ1v) is 10.8. The Morgan fingerprint density at radius 3 is 2.76 bits per heavy atom. The highest BCUT2D eigenvalue weighted by Gasteiger charge is 2.20. The lowest BCUT2D eigenvalue weighted by atomic mass is 10.1. The highest BCUT2D eigenvalue weighted by Crippen LogP contribution is 2.35. The summed E-state index contributed by atoms with van der Waals surface area (Å²) < 4.78 is 17.0. The molecule has 3 aromatic rings. The molecule has 0 unspecified atom stereocenters. The number of para-hydroxylation sites is 1. The lowest BCUT2D eigenvalue weighted by molar-refractivity contribution is 0.0696. The molecule has 1 aliphatic rings. The first-order chi connectivity index (χ1) is 16.4. The van der Waals surface area contributed by atoms with E-state index in [1.165, 1.54) is 6.08 Å². The Bertz CT molecular complexity index is 1290. The zero-order chi connectivity index (χ0) is 24.2. The van der Waals surface area contributed by atoms with E-state index in [1.807, 2.05) is 0 Å². The van der Waals surface area contributed by atoms with Gasteiger partial charge in [0, 0.05) is 6.04 Å². The lowest BCUT2D eigenvalue weighted by Crippen LogP contribution is -2.27. The van der Waals surface area contributed by atoms with Crippen LogP contribution in [0.5, 0.6) is 17.2 Å². The summed E-state index contributed by atoms with van der Waals surface area (Å²) in [4.78, 5) is 28.5. The average Bonchev–Trinajstić information content (AvgIpc) is 2.81. The molecule has 0 saturated heterocycles. The van der Waals surface area contributed by atoms with E-state index in [9.17, 15) is 14.7 Å². The predicted octanol–water partition coefficient (Wildman–Crippen LogP) is 3.13. The van der Waals surface area contributed by atoms with E-state index in [0.717, 1.165) is 0 Å². The van der Waals surface area contributed by atoms with Gasteiger partial charge in [0.05, 0.1) is 27.8 Å². The van der Waals surface area contributed by atoms with Gasteiger partial charge in [-0.3, -0.25) is 9.78 Å². The number of nitrogens with two attached hydrogens (primary N) is 2. The minimum Gasteiger partial charge on any atom is -0.491 e. The summed E-state index contributed by atoms with van der Waals surface area (Å²) in [5, 5.41) is 9.90. The van der Waals surface area contributed by atoms with Gasteiger partial charge in [-0.15, -0.1) is 0 Å². The molecule has 0 aliphatic carbocycles. The van der Waals surface area contributed by atoms with Crippen LogP contribution in [-0.2, 0) is 0 Å². The summed E-state index contributed by atoms with van der Waals surface area (Å²) in [6.45, 7) is 2.57. The molecule has 5 N–H and O–H groups in total. The van der Waals surface area contributed by atoms with Crippen LogP contribution in [0.15, 0.2) is 48.6 Å². The molecule has 0 saturated carbocycles. The van der Waals surface area contributed by atoms with E-state index in [-0.39, 0.29) is 23.6 Å². The van der Waals surface area contributed by atoms with Gasteiger partial charge in [0.25, 0.3) is 0 Å². The average molecular weight is 463 g/mol. The molecule has 4 rings (SSSR count). The summed E-state index contributed by atoms with van der Waals surface area (Å²) in [5.74, 6) is 0.0470. The number of aryl methyl sites for hydroxylation is 1. The second-order valence-corrected chi connectivity index (χ2v) is 7.84.